The molecular weight excluding hydrogens is 452 g/mol. The van der Waals surface area contributed by atoms with E-state index in [-0.39, 0.29) is 5.91 Å². The molecule has 4 aromatic rings. The van der Waals surface area contributed by atoms with Gasteiger partial charge < -0.3 is 20.4 Å². The second-order valence-electron chi connectivity index (χ2n) is 8.92. The number of amides is 1. The maximum Gasteiger partial charge on any atom is 0.250 e. The second kappa shape index (κ2) is 10.1. The summed E-state index contributed by atoms with van der Waals surface area (Å²) >= 11 is 0. The van der Waals surface area contributed by atoms with Gasteiger partial charge in [-0.2, -0.15) is 0 Å². The zero-order valence-corrected chi connectivity index (χ0v) is 20.4. The van der Waals surface area contributed by atoms with Crippen molar-refractivity contribution in [3.05, 3.63) is 73.2 Å². The summed E-state index contributed by atoms with van der Waals surface area (Å²) in [5.74, 6) is 0.223. The van der Waals surface area contributed by atoms with Crippen LogP contribution in [-0.2, 0) is 4.79 Å². The SMILES string of the molecule is C=C(C)C(=O)Nc1ccnc(-c2nccc3cnc(Nc4ccc(N5CCN(C)CC5)cc4)nc23)c1. The van der Waals surface area contributed by atoms with Crippen LogP contribution in [0, 0.1) is 0 Å². The molecule has 2 N–H and O–H groups in total. The number of carbonyl (C=O) groups excluding carboxylic acids is 1. The van der Waals surface area contributed by atoms with E-state index < -0.39 is 0 Å². The Morgan fingerprint density at radius 3 is 2.44 bits per heavy atom. The zero-order chi connectivity index (χ0) is 25.1. The van der Waals surface area contributed by atoms with E-state index in [4.69, 9.17) is 4.98 Å². The fourth-order valence-corrected chi connectivity index (χ4v) is 4.03. The van der Waals surface area contributed by atoms with Crippen LogP contribution in [0.15, 0.2) is 73.2 Å². The van der Waals surface area contributed by atoms with Gasteiger partial charge in [0.15, 0.2) is 0 Å². The fourth-order valence-electron chi connectivity index (χ4n) is 4.03. The van der Waals surface area contributed by atoms with Gasteiger partial charge in [-0.15, -0.1) is 0 Å². The van der Waals surface area contributed by atoms with Gasteiger partial charge in [-0.05, 0) is 56.4 Å². The molecule has 0 spiro atoms. The summed E-state index contributed by atoms with van der Waals surface area (Å²) < 4.78 is 0. The Morgan fingerprint density at radius 2 is 1.69 bits per heavy atom. The molecule has 0 atom stereocenters. The van der Waals surface area contributed by atoms with Crippen molar-refractivity contribution in [2.45, 2.75) is 6.92 Å². The predicted octanol–water partition coefficient (Wildman–Crippen LogP) is 4.10. The average Bonchev–Trinajstić information content (AvgIpc) is 2.89. The molecule has 0 bridgehead atoms. The molecule has 182 valence electrons. The highest BCUT2D eigenvalue weighted by atomic mass is 16.1. The monoisotopic (exact) mass is 480 g/mol. The van der Waals surface area contributed by atoms with Crippen molar-refractivity contribution in [1.29, 1.82) is 0 Å². The van der Waals surface area contributed by atoms with Crippen LogP contribution < -0.4 is 15.5 Å². The first-order valence-corrected chi connectivity index (χ1v) is 11.8. The van der Waals surface area contributed by atoms with Crippen LogP contribution in [0.1, 0.15) is 6.92 Å². The van der Waals surface area contributed by atoms with E-state index in [1.54, 1.807) is 37.6 Å². The number of piperazine rings is 1. The summed E-state index contributed by atoms with van der Waals surface area (Å²) in [4.78, 5) is 35.0. The number of anilines is 4. The third-order valence-electron chi connectivity index (χ3n) is 6.14. The first-order valence-electron chi connectivity index (χ1n) is 11.8. The quantitative estimate of drug-likeness (QED) is 0.398. The van der Waals surface area contributed by atoms with Crippen LogP contribution in [0.3, 0.4) is 0 Å². The zero-order valence-electron chi connectivity index (χ0n) is 20.4. The molecule has 36 heavy (non-hydrogen) atoms. The summed E-state index contributed by atoms with van der Waals surface area (Å²) in [5, 5.41) is 6.96. The van der Waals surface area contributed by atoms with Crippen LogP contribution in [0.2, 0.25) is 0 Å². The molecule has 1 saturated heterocycles. The van der Waals surface area contributed by atoms with E-state index in [0.29, 0.717) is 34.1 Å². The van der Waals surface area contributed by atoms with E-state index in [9.17, 15) is 4.79 Å². The van der Waals surface area contributed by atoms with E-state index >= 15 is 0 Å². The maximum absolute atomic E-state index is 12.0. The van der Waals surface area contributed by atoms with Crippen molar-refractivity contribution >= 4 is 39.8 Å². The molecule has 1 fully saturated rings. The van der Waals surface area contributed by atoms with Gasteiger partial charge >= 0.3 is 0 Å². The standard InChI is InChI=1S/C27H28N8O/c1-18(2)26(36)31-21-9-11-28-23(16-21)25-24-19(8-10-29-25)17-30-27(33-24)32-20-4-6-22(7-5-20)35-14-12-34(3)13-15-35/h4-11,16-17H,1,12-15H2,2-3H3,(H,28,31,36)(H,30,32,33). The molecule has 9 nitrogen and oxygen atoms in total. The second-order valence-corrected chi connectivity index (χ2v) is 8.92. The number of fused-ring (bicyclic) bond motifs is 1. The Bertz CT molecular complexity index is 1410. The number of nitrogens with zero attached hydrogens (tertiary/aromatic N) is 6. The number of likely N-dealkylation sites (N-methyl/N-ethyl adjacent to an activating group) is 1. The van der Waals surface area contributed by atoms with Crippen molar-refractivity contribution in [1.82, 2.24) is 24.8 Å². The van der Waals surface area contributed by atoms with Crippen molar-refractivity contribution in [3.63, 3.8) is 0 Å². The summed E-state index contributed by atoms with van der Waals surface area (Å²) in [7, 11) is 2.16. The molecule has 1 amide bonds. The highest BCUT2D eigenvalue weighted by Crippen LogP contribution is 2.27. The van der Waals surface area contributed by atoms with Gasteiger partial charge in [-0.25, -0.2) is 9.97 Å². The number of hydrogen-bond acceptors (Lipinski definition) is 8. The number of nitrogens with one attached hydrogen (secondary N) is 2. The predicted molar refractivity (Wildman–Crippen MR) is 143 cm³/mol. The van der Waals surface area contributed by atoms with Crippen molar-refractivity contribution in [3.8, 4) is 11.4 Å². The van der Waals surface area contributed by atoms with Gasteiger partial charge in [0.25, 0.3) is 5.91 Å². The molecule has 1 aliphatic rings. The van der Waals surface area contributed by atoms with Gasteiger partial charge in [-0.3, -0.25) is 14.8 Å². The molecule has 9 heteroatoms. The Labute approximate surface area is 209 Å². The van der Waals surface area contributed by atoms with Crippen molar-refractivity contribution in [2.75, 3.05) is 48.8 Å². The van der Waals surface area contributed by atoms with E-state index in [1.807, 2.05) is 18.2 Å². The van der Waals surface area contributed by atoms with Crippen LogP contribution in [0.25, 0.3) is 22.3 Å². The average molecular weight is 481 g/mol. The summed E-state index contributed by atoms with van der Waals surface area (Å²) in [6.45, 7) is 9.53. The van der Waals surface area contributed by atoms with Crippen molar-refractivity contribution < 1.29 is 4.79 Å². The summed E-state index contributed by atoms with van der Waals surface area (Å²) in [6, 6.07) is 13.7. The minimum atomic E-state index is -0.245. The minimum absolute atomic E-state index is 0.245. The molecule has 1 aromatic carbocycles. The van der Waals surface area contributed by atoms with Crippen LogP contribution >= 0.6 is 0 Å². The lowest BCUT2D eigenvalue weighted by molar-refractivity contribution is -0.112. The Hall–Kier alpha value is -4.37. The normalized spacial score (nSPS) is 14.0. The molecule has 0 saturated carbocycles. The molecule has 3 aromatic heterocycles. The number of benzene rings is 1. The molecule has 4 heterocycles. The van der Waals surface area contributed by atoms with E-state index in [0.717, 1.165) is 37.3 Å². The molecule has 1 aliphatic heterocycles. The Balaban J connectivity index is 1.39. The third kappa shape index (κ3) is 5.16. The Kier molecular flexibility index (Phi) is 6.55. The lowest BCUT2D eigenvalue weighted by atomic mass is 10.1. The highest BCUT2D eigenvalue weighted by Gasteiger charge is 2.15. The number of aromatic nitrogens is 4. The number of carbonyl (C=O) groups is 1. The summed E-state index contributed by atoms with van der Waals surface area (Å²) in [6.07, 6.45) is 5.10. The van der Waals surface area contributed by atoms with Gasteiger partial charge in [0.1, 0.15) is 11.2 Å². The third-order valence-corrected chi connectivity index (χ3v) is 6.14. The van der Waals surface area contributed by atoms with Crippen LogP contribution in [0.4, 0.5) is 23.0 Å². The van der Waals surface area contributed by atoms with Crippen LogP contribution in [0.5, 0.6) is 0 Å². The lowest BCUT2D eigenvalue weighted by Crippen LogP contribution is -2.44. The van der Waals surface area contributed by atoms with E-state index in [1.165, 1.54) is 5.69 Å². The number of rotatable bonds is 6. The molecule has 0 aliphatic carbocycles. The van der Waals surface area contributed by atoms with Gasteiger partial charge in [0.2, 0.25) is 5.95 Å². The molecular formula is C27H28N8O. The first-order chi connectivity index (χ1) is 17.5. The highest BCUT2D eigenvalue weighted by molar-refractivity contribution is 6.03. The topological polar surface area (TPSA) is 99.2 Å². The summed E-state index contributed by atoms with van der Waals surface area (Å²) in [5.41, 5.74) is 5.02. The Morgan fingerprint density at radius 1 is 0.944 bits per heavy atom. The smallest absolute Gasteiger partial charge is 0.250 e. The lowest BCUT2D eigenvalue weighted by Gasteiger charge is -2.34. The minimum Gasteiger partial charge on any atom is -0.369 e. The van der Waals surface area contributed by atoms with Crippen LogP contribution in [-0.4, -0.2) is 64.0 Å². The first kappa shape index (κ1) is 23.4. The van der Waals surface area contributed by atoms with Gasteiger partial charge in [0.05, 0.1) is 5.69 Å². The number of pyridine rings is 2. The molecule has 0 radical (unpaired) electrons. The largest absolute Gasteiger partial charge is 0.369 e. The fraction of sp³-hybridized carbons (Fsp3) is 0.222. The maximum atomic E-state index is 12.0. The van der Waals surface area contributed by atoms with Gasteiger partial charge in [0, 0.05) is 72.8 Å². The van der Waals surface area contributed by atoms with Gasteiger partial charge in [-0.1, -0.05) is 6.58 Å². The van der Waals surface area contributed by atoms with E-state index in [2.05, 4.69) is 61.1 Å². The number of hydrogen-bond donors (Lipinski definition) is 2. The molecule has 0 unspecified atom stereocenters. The molecule has 5 rings (SSSR count). The van der Waals surface area contributed by atoms with Crippen molar-refractivity contribution in [2.24, 2.45) is 0 Å².